The highest BCUT2D eigenvalue weighted by Crippen LogP contribution is 2.10. The van der Waals surface area contributed by atoms with Crippen LogP contribution in [-0.4, -0.2) is 20.3 Å². The van der Waals surface area contributed by atoms with Crippen LogP contribution in [0.4, 0.5) is 5.82 Å². The van der Waals surface area contributed by atoms with E-state index in [4.69, 9.17) is 11.1 Å². The van der Waals surface area contributed by atoms with E-state index >= 15 is 0 Å². The first kappa shape index (κ1) is 8.18. The predicted octanol–water partition coefficient (Wildman–Crippen LogP) is -0.388. The van der Waals surface area contributed by atoms with E-state index in [-0.39, 0.29) is 17.5 Å². The van der Waals surface area contributed by atoms with Gasteiger partial charge >= 0.3 is 5.82 Å². The predicted molar refractivity (Wildman–Crippen MR) is 40.9 cm³/mol. The number of nitro groups is 1. The lowest BCUT2D eigenvalue weighted by atomic mass is 10.5. The van der Waals surface area contributed by atoms with Gasteiger partial charge in [-0.05, 0) is 4.92 Å². The molecule has 12 heavy (non-hydrogen) atoms. The van der Waals surface area contributed by atoms with Gasteiger partial charge in [0.25, 0.3) is 5.82 Å². The average molecular weight is 169 g/mol. The van der Waals surface area contributed by atoms with E-state index in [1.54, 1.807) is 0 Å². The summed E-state index contributed by atoms with van der Waals surface area (Å²) in [7, 11) is 1.43. The van der Waals surface area contributed by atoms with Crippen LogP contribution in [-0.2, 0) is 7.05 Å². The van der Waals surface area contributed by atoms with Gasteiger partial charge in [0.05, 0.1) is 7.05 Å². The van der Waals surface area contributed by atoms with Gasteiger partial charge in [0, 0.05) is 0 Å². The van der Waals surface area contributed by atoms with Crippen molar-refractivity contribution in [2.75, 3.05) is 0 Å². The van der Waals surface area contributed by atoms with E-state index in [2.05, 4.69) is 4.98 Å². The molecule has 0 aromatic carbocycles. The summed E-state index contributed by atoms with van der Waals surface area (Å²) in [6.45, 7) is 0. The number of hydrogen-bond acceptors (Lipinski definition) is 4. The van der Waals surface area contributed by atoms with Gasteiger partial charge in [0.15, 0.2) is 5.84 Å². The summed E-state index contributed by atoms with van der Waals surface area (Å²) < 4.78 is 1.16. The van der Waals surface area contributed by atoms with E-state index in [1.165, 1.54) is 7.05 Å². The van der Waals surface area contributed by atoms with Crippen molar-refractivity contribution in [3.63, 3.8) is 0 Å². The van der Waals surface area contributed by atoms with Crippen molar-refractivity contribution in [2.45, 2.75) is 0 Å². The van der Waals surface area contributed by atoms with E-state index < -0.39 is 4.92 Å². The first-order valence-corrected chi connectivity index (χ1v) is 3.04. The molecule has 1 rings (SSSR count). The number of aromatic nitrogens is 2. The lowest BCUT2D eigenvalue weighted by Gasteiger charge is -1.94. The Kier molecular flexibility index (Phi) is 1.78. The van der Waals surface area contributed by atoms with Crippen molar-refractivity contribution in [2.24, 2.45) is 12.8 Å². The zero-order valence-electron chi connectivity index (χ0n) is 6.31. The van der Waals surface area contributed by atoms with Crippen LogP contribution in [0.1, 0.15) is 5.82 Å². The number of imidazole rings is 1. The molecule has 0 saturated heterocycles. The molecule has 0 amide bonds. The Morgan fingerprint density at radius 1 is 1.92 bits per heavy atom. The molecule has 1 aromatic rings. The monoisotopic (exact) mass is 169 g/mol. The van der Waals surface area contributed by atoms with Crippen LogP contribution in [0.2, 0.25) is 0 Å². The van der Waals surface area contributed by atoms with Crippen LogP contribution >= 0.6 is 0 Å². The van der Waals surface area contributed by atoms with Gasteiger partial charge in [-0.1, -0.05) is 0 Å². The summed E-state index contributed by atoms with van der Waals surface area (Å²) >= 11 is 0. The second-order valence-electron chi connectivity index (χ2n) is 2.17. The Morgan fingerprint density at radius 3 is 2.75 bits per heavy atom. The van der Waals surface area contributed by atoms with Gasteiger partial charge in [0.2, 0.25) is 0 Å². The Morgan fingerprint density at radius 2 is 2.50 bits per heavy atom. The van der Waals surface area contributed by atoms with E-state index in [0.717, 1.165) is 10.8 Å². The standard InChI is InChI=1S/C5H7N5O2/c1-9-3(10(11)12)2-8-5(9)4(6)7/h2H,1H3,(H3,6,7). The summed E-state index contributed by atoms with van der Waals surface area (Å²) in [6.07, 6.45) is 1.07. The second-order valence-corrected chi connectivity index (χ2v) is 2.17. The minimum absolute atomic E-state index is 0.0988. The van der Waals surface area contributed by atoms with E-state index in [9.17, 15) is 10.1 Å². The van der Waals surface area contributed by atoms with Gasteiger partial charge in [-0.3, -0.25) is 5.41 Å². The zero-order valence-corrected chi connectivity index (χ0v) is 6.31. The van der Waals surface area contributed by atoms with Gasteiger partial charge in [-0.2, -0.15) is 0 Å². The van der Waals surface area contributed by atoms with Crippen LogP contribution in [0.5, 0.6) is 0 Å². The fraction of sp³-hybridized carbons (Fsp3) is 0.200. The molecule has 0 radical (unpaired) electrons. The number of nitrogens with two attached hydrogens (primary N) is 1. The van der Waals surface area contributed by atoms with Crippen LogP contribution in [0, 0.1) is 15.5 Å². The molecule has 0 spiro atoms. The molecule has 0 aliphatic carbocycles. The molecule has 64 valence electrons. The van der Waals surface area contributed by atoms with Crippen molar-refractivity contribution in [3.05, 3.63) is 22.1 Å². The maximum atomic E-state index is 10.3. The molecule has 3 N–H and O–H groups in total. The highest BCUT2D eigenvalue weighted by molar-refractivity contribution is 5.91. The summed E-state index contributed by atoms with van der Waals surface area (Å²) in [6, 6.07) is 0. The fourth-order valence-corrected chi connectivity index (χ4v) is 0.820. The minimum Gasteiger partial charge on any atom is -0.379 e. The van der Waals surface area contributed by atoms with E-state index in [1.807, 2.05) is 0 Å². The van der Waals surface area contributed by atoms with Gasteiger partial charge in [-0.25, -0.2) is 9.55 Å². The molecule has 0 atom stereocenters. The molecule has 7 heteroatoms. The summed E-state index contributed by atoms with van der Waals surface area (Å²) in [4.78, 5) is 13.3. The molecule has 0 aliphatic heterocycles. The van der Waals surface area contributed by atoms with Crippen LogP contribution in [0.15, 0.2) is 6.20 Å². The number of amidine groups is 1. The number of nitrogens with zero attached hydrogens (tertiary/aromatic N) is 3. The van der Waals surface area contributed by atoms with Crippen LogP contribution in [0.3, 0.4) is 0 Å². The maximum absolute atomic E-state index is 10.3. The summed E-state index contributed by atoms with van der Waals surface area (Å²) in [5, 5.41) is 17.3. The third kappa shape index (κ3) is 1.11. The maximum Gasteiger partial charge on any atom is 0.343 e. The molecule has 0 fully saturated rings. The third-order valence-corrected chi connectivity index (χ3v) is 1.39. The highest BCUT2D eigenvalue weighted by Gasteiger charge is 2.17. The molecular weight excluding hydrogens is 162 g/mol. The number of rotatable bonds is 2. The molecular formula is C5H7N5O2. The first-order valence-electron chi connectivity index (χ1n) is 3.04. The lowest BCUT2D eigenvalue weighted by molar-refractivity contribution is -0.391. The highest BCUT2D eigenvalue weighted by atomic mass is 16.6. The van der Waals surface area contributed by atoms with Gasteiger partial charge in [-0.15, -0.1) is 0 Å². The number of nitrogen functional groups attached to an aromatic ring is 1. The topological polar surface area (TPSA) is 111 Å². The first-order chi connectivity index (χ1) is 5.54. The zero-order chi connectivity index (χ0) is 9.30. The summed E-state index contributed by atoms with van der Waals surface area (Å²) in [5.74, 6) is -0.368. The van der Waals surface area contributed by atoms with Crippen LogP contribution < -0.4 is 5.73 Å². The fourth-order valence-electron chi connectivity index (χ4n) is 0.820. The van der Waals surface area contributed by atoms with Crippen molar-refractivity contribution >= 4 is 11.7 Å². The number of nitrogens with one attached hydrogen (secondary N) is 1. The Balaban J connectivity index is 3.22. The van der Waals surface area contributed by atoms with E-state index in [0.29, 0.717) is 0 Å². The van der Waals surface area contributed by atoms with Crippen molar-refractivity contribution < 1.29 is 4.92 Å². The Bertz CT molecular complexity index is 310. The van der Waals surface area contributed by atoms with Crippen molar-refractivity contribution in [1.29, 1.82) is 5.41 Å². The molecule has 7 nitrogen and oxygen atoms in total. The molecule has 1 heterocycles. The van der Waals surface area contributed by atoms with Gasteiger partial charge in [0.1, 0.15) is 6.20 Å². The van der Waals surface area contributed by atoms with Gasteiger partial charge < -0.3 is 15.8 Å². The Hall–Kier alpha value is -1.92. The number of hydrogen-bond donors (Lipinski definition) is 2. The van der Waals surface area contributed by atoms with Crippen LogP contribution in [0.25, 0.3) is 0 Å². The third-order valence-electron chi connectivity index (χ3n) is 1.39. The average Bonchev–Trinajstić information content (AvgIpc) is 2.30. The Labute approximate surface area is 67.5 Å². The largest absolute Gasteiger partial charge is 0.379 e. The summed E-state index contributed by atoms with van der Waals surface area (Å²) in [5.41, 5.74) is 5.11. The lowest BCUT2D eigenvalue weighted by Crippen LogP contribution is -2.17. The minimum atomic E-state index is -0.584. The molecule has 0 unspecified atom stereocenters. The molecule has 1 aromatic heterocycles. The molecule has 0 saturated carbocycles. The SMILES string of the molecule is Cn1c([N+](=O)[O-])cnc1C(=N)N. The normalized spacial score (nSPS) is 9.75. The molecule has 0 aliphatic rings. The van der Waals surface area contributed by atoms with Crippen molar-refractivity contribution in [1.82, 2.24) is 9.55 Å². The molecule has 0 bridgehead atoms. The quantitative estimate of drug-likeness (QED) is 0.272. The second kappa shape index (κ2) is 2.61. The smallest absolute Gasteiger partial charge is 0.343 e. The van der Waals surface area contributed by atoms with Crippen molar-refractivity contribution in [3.8, 4) is 0 Å².